The molecule has 0 saturated carbocycles. The average molecular weight is 641 g/mol. The second-order valence-corrected chi connectivity index (χ2v) is 11.0. The lowest BCUT2D eigenvalue weighted by Gasteiger charge is -2.20. The Hall–Kier alpha value is -3.62. The van der Waals surface area contributed by atoms with Crippen LogP contribution in [0.4, 0.5) is 0 Å². The number of carboxylic acids is 3. The van der Waals surface area contributed by atoms with Gasteiger partial charge in [0.05, 0.1) is 6.61 Å². The van der Waals surface area contributed by atoms with Crippen LogP contribution in [0.5, 0.6) is 0 Å². The van der Waals surface area contributed by atoms with Crippen LogP contribution >= 0.6 is 21.6 Å². The highest BCUT2D eigenvalue weighted by atomic mass is 33.1. The van der Waals surface area contributed by atoms with E-state index in [-0.39, 0.29) is 43.8 Å². The van der Waals surface area contributed by atoms with E-state index in [1.54, 1.807) is 6.92 Å². The Balaban J connectivity index is 5.27. The molecule has 0 bridgehead atoms. The maximum Gasteiger partial charge on any atom is 0.325 e. The van der Waals surface area contributed by atoms with Crippen LogP contribution in [0.3, 0.4) is 0 Å². The maximum atomic E-state index is 12.6. The van der Waals surface area contributed by atoms with E-state index in [9.17, 15) is 38.4 Å². The van der Waals surface area contributed by atoms with Gasteiger partial charge in [-0.15, -0.1) is 0 Å². The molecule has 0 aliphatic heterocycles. The highest BCUT2D eigenvalue weighted by molar-refractivity contribution is 8.76. The molecule has 4 atom stereocenters. The minimum Gasteiger partial charge on any atom is -0.480 e. The number of hydrogen-bond donors (Lipinski definition) is 9. The number of carboxylic acid groups (broad SMARTS) is 3. The summed E-state index contributed by atoms with van der Waals surface area (Å²) in [6, 6.07) is -5.06. The quantitative estimate of drug-likeness (QED) is 0.0316. The highest BCUT2D eigenvalue weighted by Gasteiger charge is 2.25. The molecule has 0 aliphatic carbocycles. The summed E-state index contributed by atoms with van der Waals surface area (Å²) in [5, 5.41) is 35.7. The molecular formula is C22H36N6O12S2. The molecule has 0 aliphatic rings. The van der Waals surface area contributed by atoms with Gasteiger partial charge in [-0.25, -0.2) is 0 Å². The van der Waals surface area contributed by atoms with Crippen LogP contribution in [0.1, 0.15) is 32.6 Å². The first-order valence-corrected chi connectivity index (χ1v) is 14.9. The molecular weight excluding hydrogens is 604 g/mol. The third kappa shape index (κ3) is 17.9. The minimum absolute atomic E-state index is 0.0787. The zero-order valence-corrected chi connectivity index (χ0v) is 24.3. The predicted molar refractivity (Wildman–Crippen MR) is 149 cm³/mol. The second-order valence-electron chi connectivity index (χ2n) is 8.41. The van der Waals surface area contributed by atoms with E-state index in [4.69, 9.17) is 31.5 Å². The van der Waals surface area contributed by atoms with Gasteiger partial charge in [0.1, 0.15) is 37.3 Å². The van der Waals surface area contributed by atoms with E-state index in [2.05, 4.69) is 21.3 Å². The molecule has 238 valence electrons. The molecule has 0 heterocycles. The first kappa shape index (κ1) is 38.4. The summed E-state index contributed by atoms with van der Waals surface area (Å²) in [7, 11) is 1.96. The minimum atomic E-state index is -1.33. The van der Waals surface area contributed by atoms with Crippen molar-refractivity contribution in [2.75, 3.05) is 31.2 Å². The fourth-order valence-corrected chi connectivity index (χ4v) is 5.06. The van der Waals surface area contributed by atoms with Crippen molar-refractivity contribution < 1.29 is 58.4 Å². The second kappa shape index (κ2) is 21.1. The van der Waals surface area contributed by atoms with Crippen molar-refractivity contribution in [1.29, 1.82) is 0 Å². The Morgan fingerprint density at radius 3 is 1.48 bits per heavy atom. The van der Waals surface area contributed by atoms with E-state index < -0.39 is 84.8 Å². The van der Waals surface area contributed by atoms with Gasteiger partial charge in [-0.2, -0.15) is 0 Å². The van der Waals surface area contributed by atoms with Crippen LogP contribution in [-0.2, 0) is 43.1 Å². The standard InChI is InChI=1S/C22H36N6O12S2/c1-2-40-18(33)8-26-20(35)14(28-16(30)6-4-12(24)22(38)39)10-42-41-9-13(19(34)25-7-17(31)32)27-15(29)5-3-11(23)21(36)37/h11-14H,2-10,23-24H2,1H3,(H,25,34)(H,26,35)(H,27,29)(H,28,30)(H,31,32)(H,36,37)(H,38,39)/t11-,12-,13-,14-/m0/s1. The van der Waals surface area contributed by atoms with Gasteiger partial charge in [-0.05, 0) is 19.8 Å². The zero-order chi connectivity index (χ0) is 32.2. The Bertz CT molecular complexity index is 986. The Labute approximate surface area is 248 Å². The molecule has 0 spiro atoms. The topological polar surface area (TPSA) is 307 Å². The lowest BCUT2D eigenvalue weighted by molar-refractivity contribution is -0.143. The number of nitrogens with two attached hydrogens (primary N) is 2. The van der Waals surface area contributed by atoms with E-state index in [0.29, 0.717) is 0 Å². The van der Waals surface area contributed by atoms with Crippen molar-refractivity contribution in [2.24, 2.45) is 11.5 Å². The number of amides is 4. The molecule has 0 unspecified atom stereocenters. The van der Waals surface area contributed by atoms with Gasteiger partial charge in [-0.1, -0.05) is 21.6 Å². The number of carbonyl (C=O) groups excluding carboxylic acids is 5. The van der Waals surface area contributed by atoms with Gasteiger partial charge in [0.2, 0.25) is 23.6 Å². The van der Waals surface area contributed by atoms with E-state index in [1.807, 2.05) is 0 Å². The molecule has 0 fully saturated rings. The summed E-state index contributed by atoms with van der Waals surface area (Å²) in [6.07, 6.45) is -1.05. The molecule has 0 aromatic heterocycles. The summed E-state index contributed by atoms with van der Waals surface area (Å²) < 4.78 is 4.73. The summed E-state index contributed by atoms with van der Waals surface area (Å²) in [5.41, 5.74) is 10.8. The Morgan fingerprint density at radius 2 is 1.12 bits per heavy atom. The zero-order valence-electron chi connectivity index (χ0n) is 22.7. The number of ether oxygens (including phenoxy) is 1. The Kier molecular flexibility index (Phi) is 19.3. The monoisotopic (exact) mass is 640 g/mol. The third-order valence-electron chi connectivity index (χ3n) is 4.98. The number of aliphatic carboxylic acids is 3. The largest absolute Gasteiger partial charge is 0.480 e. The Morgan fingerprint density at radius 1 is 0.714 bits per heavy atom. The molecule has 42 heavy (non-hydrogen) atoms. The van der Waals surface area contributed by atoms with Crippen LogP contribution in [0.2, 0.25) is 0 Å². The number of nitrogens with one attached hydrogen (secondary N) is 4. The molecule has 20 heteroatoms. The van der Waals surface area contributed by atoms with Gasteiger partial charge >= 0.3 is 23.9 Å². The molecule has 0 aromatic carbocycles. The molecule has 0 aromatic rings. The number of hydrogen-bond acceptors (Lipinski definition) is 13. The summed E-state index contributed by atoms with van der Waals surface area (Å²) in [4.78, 5) is 93.7. The van der Waals surface area contributed by atoms with Gasteiger partial charge in [0, 0.05) is 24.3 Å². The van der Waals surface area contributed by atoms with Crippen LogP contribution < -0.4 is 32.7 Å². The molecule has 4 amide bonds. The number of carbonyl (C=O) groups is 8. The first-order valence-electron chi connectivity index (χ1n) is 12.4. The van der Waals surface area contributed by atoms with Crippen LogP contribution in [0.25, 0.3) is 0 Å². The lowest BCUT2D eigenvalue weighted by Crippen LogP contribution is -2.50. The van der Waals surface area contributed by atoms with Gasteiger partial charge in [0.15, 0.2) is 0 Å². The van der Waals surface area contributed by atoms with Gasteiger partial charge < -0.3 is 52.8 Å². The third-order valence-corrected chi connectivity index (χ3v) is 7.40. The van der Waals surface area contributed by atoms with Crippen LogP contribution in [-0.4, -0.2) is 118 Å². The van der Waals surface area contributed by atoms with Crippen LogP contribution in [0, 0.1) is 0 Å². The van der Waals surface area contributed by atoms with Crippen molar-refractivity contribution in [3.63, 3.8) is 0 Å². The van der Waals surface area contributed by atoms with E-state index >= 15 is 0 Å². The van der Waals surface area contributed by atoms with E-state index in [1.165, 1.54) is 0 Å². The average Bonchev–Trinajstić information content (AvgIpc) is 2.92. The van der Waals surface area contributed by atoms with Crippen molar-refractivity contribution >= 4 is 69.1 Å². The predicted octanol–water partition coefficient (Wildman–Crippen LogP) is -3.40. The normalized spacial score (nSPS) is 13.4. The number of rotatable bonds is 22. The maximum absolute atomic E-state index is 12.6. The van der Waals surface area contributed by atoms with Crippen molar-refractivity contribution in [2.45, 2.75) is 56.8 Å². The van der Waals surface area contributed by atoms with Gasteiger partial charge in [0.25, 0.3) is 0 Å². The fourth-order valence-electron chi connectivity index (χ4n) is 2.73. The highest BCUT2D eigenvalue weighted by Crippen LogP contribution is 2.23. The summed E-state index contributed by atoms with van der Waals surface area (Å²) in [5.74, 6) is -7.92. The fraction of sp³-hybridized carbons (Fsp3) is 0.636. The van der Waals surface area contributed by atoms with Crippen molar-refractivity contribution in [3.05, 3.63) is 0 Å². The molecule has 0 rings (SSSR count). The van der Waals surface area contributed by atoms with E-state index in [0.717, 1.165) is 21.6 Å². The molecule has 11 N–H and O–H groups in total. The van der Waals surface area contributed by atoms with Crippen molar-refractivity contribution in [1.82, 2.24) is 21.3 Å². The molecule has 18 nitrogen and oxygen atoms in total. The van der Waals surface area contributed by atoms with Gasteiger partial charge in [-0.3, -0.25) is 38.4 Å². The smallest absolute Gasteiger partial charge is 0.325 e. The molecule has 0 saturated heterocycles. The van der Waals surface area contributed by atoms with Crippen LogP contribution in [0.15, 0.2) is 0 Å². The number of esters is 1. The van der Waals surface area contributed by atoms with Crippen molar-refractivity contribution in [3.8, 4) is 0 Å². The summed E-state index contributed by atoms with van der Waals surface area (Å²) >= 11 is 0. The molecule has 0 radical (unpaired) electrons. The first-order chi connectivity index (χ1) is 19.7. The summed E-state index contributed by atoms with van der Waals surface area (Å²) in [6.45, 7) is 0.438. The lowest BCUT2D eigenvalue weighted by atomic mass is 10.1. The SMILES string of the molecule is CCOC(=O)CNC(=O)[C@H](CSSC[C@H](NC(=O)CC[C@H](N)C(=O)O)C(=O)NCC(=O)O)NC(=O)CC[C@H](N)C(=O)O.